The smallest absolute Gasteiger partial charge is 0.303 e. The van der Waals surface area contributed by atoms with E-state index in [-0.39, 0.29) is 6.42 Å². The Morgan fingerprint density at radius 3 is 3.13 bits per heavy atom. The monoisotopic (exact) mass is 206 g/mol. The second-order valence-electron chi connectivity index (χ2n) is 3.79. The summed E-state index contributed by atoms with van der Waals surface area (Å²) in [7, 11) is 0. The predicted molar refractivity (Wildman–Crippen MR) is 56.2 cm³/mol. The number of carbonyl (C=O) groups is 1. The molecule has 0 saturated heterocycles. The topological polar surface area (TPSA) is 46.5 Å². The summed E-state index contributed by atoms with van der Waals surface area (Å²) < 4.78 is 5.49. The highest BCUT2D eigenvalue weighted by Gasteiger charge is 2.10. The molecule has 3 nitrogen and oxygen atoms in total. The Kier molecular flexibility index (Phi) is 2.90. The normalized spacial score (nSPS) is 14.1. The molecule has 0 aromatic heterocycles. The van der Waals surface area contributed by atoms with E-state index >= 15 is 0 Å². The molecule has 0 fully saturated rings. The van der Waals surface area contributed by atoms with Crippen LogP contribution in [0.4, 0.5) is 0 Å². The number of aliphatic carboxylic acids is 1. The molecule has 0 aliphatic carbocycles. The molecule has 1 aromatic rings. The van der Waals surface area contributed by atoms with Crippen molar-refractivity contribution in [1.82, 2.24) is 0 Å². The summed E-state index contributed by atoms with van der Waals surface area (Å²) in [5.74, 6) is 0.212. The number of carboxylic acids is 1. The van der Waals surface area contributed by atoms with Crippen molar-refractivity contribution >= 4 is 5.97 Å². The molecule has 2 rings (SSSR count). The number of aryl methyl sites for hydroxylation is 2. The van der Waals surface area contributed by atoms with Gasteiger partial charge in [0.15, 0.2) is 0 Å². The lowest BCUT2D eigenvalue weighted by molar-refractivity contribution is -0.136. The first-order valence-corrected chi connectivity index (χ1v) is 5.22. The fourth-order valence-electron chi connectivity index (χ4n) is 1.82. The molecular formula is C12H14O3. The van der Waals surface area contributed by atoms with E-state index in [0.29, 0.717) is 6.42 Å². The van der Waals surface area contributed by atoms with Crippen LogP contribution < -0.4 is 4.74 Å². The Morgan fingerprint density at radius 1 is 1.47 bits per heavy atom. The summed E-state index contributed by atoms with van der Waals surface area (Å²) in [6, 6.07) is 5.97. The third kappa shape index (κ3) is 2.49. The van der Waals surface area contributed by atoms with Crippen LogP contribution in [-0.4, -0.2) is 17.7 Å². The Labute approximate surface area is 88.7 Å². The highest BCUT2D eigenvalue weighted by Crippen LogP contribution is 2.25. The zero-order chi connectivity index (χ0) is 10.7. The minimum Gasteiger partial charge on any atom is -0.493 e. The third-order valence-corrected chi connectivity index (χ3v) is 2.60. The highest BCUT2D eigenvalue weighted by molar-refractivity contribution is 5.67. The van der Waals surface area contributed by atoms with E-state index < -0.39 is 5.97 Å². The van der Waals surface area contributed by atoms with Gasteiger partial charge in [0.05, 0.1) is 6.61 Å². The molecule has 0 atom stereocenters. The summed E-state index contributed by atoms with van der Waals surface area (Å²) in [6.45, 7) is 0.793. The lowest BCUT2D eigenvalue weighted by atomic mass is 10.0. The van der Waals surface area contributed by atoms with Gasteiger partial charge in [0.1, 0.15) is 5.75 Å². The van der Waals surface area contributed by atoms with Crippen LogP contribution in [-0.2, 0) is 17.6 Å². The molecule has 1 heterocycles. The molecule has 0 bridgehead atoms. The van der Waals surface area contributed by atoms with E-state index in [9.17, 15) is 4.79 Å². The van der Waals surface area contributed by atoms with Crippen molar-refractivity contribution in [2.75, 3.05) is 6.61 Å². The van der Waals surface area contributed by atoms with E-state index in [4.69, 9.17) is 9.84 Å². The second kappa shape index (κ2) is 4.34. The predicted octanol–water partition coefficient (Wildman–Crippen LogP) is 2.03. The molecule has 15 heavy (non-hydrogen) atoms. The molecular weight excluding hydrogens is 192 g/mol. The number of fused-ring (bicyclic) bond motifs is 1. The molecule has 3 heteroatoms. The molecule has 1 aromatic carbocycles. The van der Waals surface area contributed by atoms with Crippen LogP contribution in [0, 0.1) is 0 Å². The van der Waals surface area contributed by atoms with E-state index in [0.717, 1.165) is 30.8 Å². The van der Waals surface area contributed by atoms with Gasteiger partial charge >= 0.3 is 5.97 Å². The van der Waals surface area contributed by atoms with Crippen molar-refractivity contribution < 1.29 is 14.6 Å². The maximum atomic E-state index is 10.4. The first-order chi connectivity index (χ1) is 7.25. The molecule has 0 spiro atoms. The Morgan fingerprint density at radius 2 is 2.33 bits per heavy atom. The minimum atomic E-state index is -0.746. The number of ether oxygens (including phenoxy) is 1. The minimum absolute atomic E-state index is 0.194. The van der Waals surface area contributed by atoms with Gasteiger partial charge in [-0.1, -0.05) is 12.1 Å². The number of benzene rings is 1. The van der Waals surface area contributed by atoms with Crippen LogP contribution >= 0.6 is 0 Å². The van der Waals surface area contributed by atoms with Crippen molar-refractivity contribution in [3.63, 3.8) is 0 Å². The number of rotatable bonds is 3. The average molecular weight is 206 g/mol. The van der Waals surface area contributed by atoms with Crippen LogP contribution in [0.25, 0.3) is 0 Å². The molecule has 0 amide bonds. The molecule has 1 aliphatic rings. The van der Waals surface area contributed by atoms with Gasteiger partial charge in [-0.15, -0.1) is 0 Å². The second-order valence-corrected chi connectivity index (χ2v) is 3.79. The SMILES string of the molecule is O=C(O)CCc1ccc2c(c1)CCCO2. The first kappa shape index (κ1) is 10.0. The molecule has 1 aliphatic heterocycles. The van der Waals surface area contributed by atoms with E-state index in [1.54, 1.807) is 0 Å². The Balaban J connectivity index is 2.10. The van der Waals surface area contributed by atoms with Crippen molar-refractivity contribution in [2.45, 2.75) is 25.7 Å². The standard InChI is InChI=1S/C12H14O3/c13-12(14)6-4-9-3-5-11-10(8-9)2-1-7-15-11/h3,5,8H,1-2,4,6-7H2,(H,13,14). The number of hydrogen-bond acceptors (Lipinski definition) is 2. The molecule has 0 radical (unpaired) electrons. The molecule has 1 N–H and O–H groups in total. The summed E-state index contributed by atoms with van der Waals surface area (Å²) in [5.41, 5.74) is 2.30. The van der Waals surface area contributed by atoms with Gasteiger partial charge in [0.2, 0.25) is 0 Å². The molecule has 0 unspecified atom stereocenters. The fourth-order valence-corrected chi connectivity index (χ4v) is 1.82. The summed E-state index contributed by atoms with van der Waals surface area (Å²) in [4.78, 5) is 10.4. The van der Waals surface area contributed by atoms with Gasteiger partial charge in [-0.05, 0) is 36.5 Å². The lowest BCUT2D eigenvalue weighted by Crippen LogP contribution is -2.08. The van der Waals surface area contributed by atoms with Gasteiger partial charge in [0.25, 0.3) is 0 Å². The zero-order valence-corrected chi connectivity index (χ0v) is 8.53. The van der Waals surface area contributed by atoms with Gasteiger partial charge in [-0.2, -0.15) is 0 Å². The average Bonchev–Trinajstić information content (AvgIpc) is 2.26. The lowest BCUT2D eigenvalue weighted by Gasteiger charge is -2.17. The quantitative estimate of drug-likeness (QED) is 0.823. The van der Waals surface area contributed by atoms with E-state index in [2.05, 4.69) is 6.07 Å². The Hall–Kier alpha value is -1.51. The van der Waals surface area contributed by atoms with Crippen molar-refractivity contribution in [3.05, 3.63) is 29.3 Å². The van der Waals surface area contributed by atoms with Gasteiger partial charge < -0.3 is 9.84 Å². The van der Waals surface area contributed by atoms with Crippen molar-refractivity contribution in [1.29, 1.82) is 0 Å². The van der Waals surface area contributed by atoms with Crippen LogP contribution in [0.15, 0.2) is 18.2 Å². The number of hydrogen-bond donors (Lipinski definition) is 1. The molecule has 80 valence electrons. The fraction of sp³-hybridized carbons (Fsp3) is 0.417. The molecule has 0 saturated carbocycles. The summed E-state index contributed by atoms with van der Waals surface area (Å²) >= 11 is 0. The first-order valence-electron chi connectivity index (χ1n) is 5.22. The summed E-state index contributed by atoms with van der Waals surface area (Å²) in [5, 5.41) is 8.59. The highest BCUT2D eigenvalue weighted by atomic mass is 16.5. The van der Waals surface area contributed by atoms with Gasteiger partial charge in [-0.3, -0.25) is 4.79 Å². The van der Waals surface area contributed by atoms with Gasteiger partial charge in [-0.25, -0.2) is 0 Å². The largest absolute Gasteiger partial charge is 0.493 e. The van der Waals surface area contributed by atoms with Crippen molar-refractivity contribution in [2.24, 2.45) is 0 Å². The van der Waals surface area contributed by atoms with Crippen LogP contribution in [0.5, 0.6) is 5.75 Å². The van der Waals surface area contributed by atoms with Crippen molar-refractivity contribution in [3.8, 4) is 5.75 Å². The van der Waals surface area contributed by atoms with Gasteiger partial charge in [0, 0.05) is 6.42 Å². The third-order valence-electron chi connectivity index (χ3n) is 2.60. The Bertz CT molecular complexity index is 371. The number of carboxylic acid groups (broad SMARTS) is 1. The van der Waals surface area contributed by atoms with Crippen LogP contribution in [0.2, 0.25) is 0 Å². The van der Waals surface area contributed by atoms with E-state index in [1.807, 2.05) is 12.1 Å². The van der Waals surface area contributed by atoms with E-state index in [1.165, 1.54) is 5.56 Å². The maximum absolute atomic E-state index is 10.4. The summed E-state index contributed by atoms with van der Waals surface area (Å²) in [6.07, 6.45) is 2.88. The van der Waals surface area contributed by atoms with Crippen LogP contribution in [0.3, 0.4) is 0 Å². The zero-order valence-electron chi connectivity index (χ0n) is 8.53. The maximum Gasteiger partial charge on any atom is 0.303 e. The van der Waals surface area contributed by atoms with Crippen LogP contribution in [0.1, 0.15) is 24.0 Å².